The van der Waals surface area contributed by atoms with Crippen LogP contribution in [0.25, 0.3) is 0 Å². The van der Waals surface area contributed by atoms with E-state index in [0.717, 1.165) is 6.26 Å². The van der Waals surface area contributed by atoms with Gasteiger partial charge in [-0.1, -0.05) is 13.0 Å². The first-order valence-corrected chi connectivity index (χ1v) is 7.83. The molecule has 0 heterocycles. The molecule has 0 aromatic heterocycles. The number of carbonyl (C=O) groups excluding carboxylic acids is 1. The Morgan fingerprint density at radius 1 is 1.37 bits per heavy atom. The van der Waals surface area contributed by atoms with E-state index in [-0.39, 0.29) is 18.4 Å². The Morgan fingerprint density at radius 2 is 2.00 bits per heavy atom. The van der Waals surface area contributed by atoms with Crippen LogP contribution in [0.3, 0.4) is 0 Å². The Kier molecular flexibility index (Phi) is 5.31. The highest BCUT2D eigenvalue weighted by Crippen LogP contribution is 2.17. The first-order valence-electron chi connectivity index (χ1n) is 5.94. The molecule has 0 aliphatic rings. The molecule has 19 heavy (non-hydrogen) atoms. The van der Waals surface area contributed by atoms with E-state index in [2.05, 4.69) is 10.0 Å². The third kappa shape index (κ3) is 5.27. The maximum absolute atomic E-state index is 11.8. The van der Waals surface area contributed by atoms with Crippen LogP contribution in [-0.2, 0) is 14.8 Å². The largest absolute Gasteiger partial charge is 0.330 e. The summed E-state index contributed by atoms with van der Waals surface area (Å²) in [6.45, 7) is 2.17. The summed E-state index contributed by atoms with van der Waals surface area (Å²) in [7, 11) is -3.33. The van der Waals surface area contributed by atoms with Gasteiger partial charge in [0.2, 0.25) is 15.9 Å². The van der Waals surface area contributed by atoms with Gasteiger partial charge in [-0.2, -0.15) is 0 Å². The molecule has 4 N–H and O–H groups in total. The van der Waals surface area contributed by atoms with Gasteiger partial charge < -0.3 is 11.1 Å². The minimum Gasteiger partial charge on any atom is -0.330 e. The lowest BCUT2D eigenvalue weighted by Crippen LogP contribution is -2.28. The summed E-state index contributed by atoms with van der Waals surface area (Å²) < 4.78 is 24.6. The number of benzene rings is 1. The third-order valence-electron chi connectivity index (χ3n) is 2.58. The van der Waals surface area contributed by atoms with Crippen LogP contribution in [0.5, 0.6) is 0 Å². The number of hydrogen-bond donors (Lipinski definition) is 3. The van der Waals surface area contributed by atoms with Crippen molar-refractivity contribution in [3.05, 3.63) is 24.3 Å². The molecule has 106 valence electrons. The van der Waals surface area contributed by atoms with E-state index in [1.54, 1.807) is 24.3 Å². The lowest BCUT2D eigenvalue weighted by molar-refractivity contribution is -0.119. The summed E-state index contributed by atoms with van der Waals surface area (Å²) in [6.07, 6.45) is 1.73. The smallest absolute Gasteiger partial charge is 0.229 e. The lowest BCUT2D eigenvalue weighted by Gasteiger charge is -2.13. The van der Waals surface area contributed by atoms with E-state index in [9.17, 15) is 13.2 Å². The SMILES string of the molecule is CCC(CN)C(=O)Nc1cccc(NS(C)(=O)=O)c1. The van der Waals surface area contributed by atoms with Crippen LogP contribution >= 0.6 is 0 Å². The molecule has 7 heteroatoms. The molecule has 0 saturated carbocycles. The van der Waals surface area contributed by atoms with E-state index in [0.29, 0.717) is 17.8 Å². The van der Waals surface area contributed by atoms with Crippen molar-refractivity contribution in [2.24, 2.45) is 11.7 Å². The van der Waals surface area contributed by atoms with E-state index in [1.165, 1.54) is 0 Å². The molecule has 0 aliphatic heterocycles. The Bertz CT molecular complexity index is 539. The van der Waals surface area contributed by atoms with E-state index in [1.807, 2.05) is 6.92 Å². The molecule has 6 nitrogen and oxygen atoms in total. The Hall–Kier alpha value is -1.60. The predicted octanol–water partition coefficient (Wildman–Crippen LogP) is 0.981. The fraction of sp³-hybridized carbons (Fsp3) is 0.417. The lowest BCUT2D eigenvalue weighted by atomic mass is 10.1. The number of carbonyl (C=O) groups is 1. The van der Waals surface area contributed by atoms with Gasteiger partial charge in [-0.3, -0.25) is 9.52 Å². The molecule has 1 unspecified atom stereocenters. The molecular weight excluding hydrogens is 266 g/mol. The number of hydrogen-bond acceptors (Lipinski definition) is 4. The topological polar surface area (TPSA) is 101 Å². The van der Waals surface area contributed by atoms with Crippen molar-refractivity contribution >= 4 is 27.3 Å². The normalized spacial score (nSPS) is 12.8. The van der Waals surface area contributed by atoms with Crippen LogP contribution in [0.1, 0.15) is 13.3 Å². The van der Waals surface area contributed by atoms with Crippen molar-refractivity contribution in [3.8, 4) is 0 Å². The fourth-order valence-corrected chi connectivity index (χ4v) is 2.13. The van der Waals surface area contributed by atoms with E-state index >= 15 is 0 Å². The van der Waals surface area contributed by atoms with Crippen LogP contribution in [0.2, 0.25) is 0 Å². The van der Waals surface area contributed by atoms with Gasteiger partial charge in [0.05, 0.1) is 17.9 Å². The first-order chi connectivity index (χ1) is 8.85. The molecule has 0 bridgehead atoms. The quantitative estimate of drug-likeness (QED) is 0.725. The molecule has 0 radical (unpaired) electrons. The second kappa shape index (κ2) is 6.53. The van der Waals surface area contributed by atoms with Crippen LogP contribution in [-0.4, -0.2) is 27.1 Å². The van der Waals surface area contributed by atoms with Gasteiger partial charge in [0.25, 0.3) is 0 Å². The van der Waals surface area contributed by atoms with Crippen LogP contribution in [0, 0.1) is 5.92 Å². The zero-order chi connectivity index (χ0) is 14.5. The average Bonchev–Trinajstić information content (AvgIpc) is 2.28. The van der Waals surface area contributed by atoms with Crippen LogP contribution < -0.4 is 15.8 Å². The average molecular weight is 285 g/mol. The third-order valence-corrected chi connectivity index (χ3v) is 3.19. The monoisotopic (exact) mass is 285 g/mol. The van der Waals surface area contributed by atoms with Crippen LogP contribution in [0.4, 0.5) is 11.4 Å². The van der Waals surface area contributed by atoms with Crippen molar-refractivity contribution < 1.29 is 13.2 Å². The summed E-state index contributed by atoms with van der Waals surface area (Å²) in [4.78, 5) is 11.8. The maximum atomic E-state index is 11.8. The van der Waals surface area contributed by atoms with Gasteiger partial charge >= 0.3 is 0 Å². The van der Waals surface area contributed by atoms with Crippen molar-refractivity contribution in [1.29, 1.82) is 0 Å². The highest BCUT2D eigenvalue weighted by atomic mass is 32.2. The second-order valence-corrected chi connectivity index (χ2v) is 6.03. The number of sulfonamides is 1. The molecule has 0 aliphatic carbocycles. The highest BCUT2D eigenvalue weighted by Gasteiger charge is 2.14. The van der Waals surface area contributed by atoms with Gasteiger partial charge in [0.1, 0.15) is 0 Å². The van der Waals surface area contributed by atoms with Crippen LogP contribution in [0.15, 0.2) is 24.3 Å². The number of nitrogens with one attached hydrogen (secondary N) is 2. The van der Waals surface area contributed by atoms with E-state index < -0.39 is 10.0 Å². The number of amides is 1. The minimum absolute atomic E-state index is 0.165. The summed E-state index contributed by atoms with van der Waals surface area (Å²) in [5.74, 6) is -0.409. The molecule has 0 saturated heterocycles. The first kappa shape index (κ1) is 15.5. The molecular formula is C12H19N3O3S. The van der Waals surface area contributed by atoms with Gasteiger partial charge in [-0.05, 0) is 24.6 Å². The van der Waals surface area contributed by atoms with Crippen molar-refractivity contribution in [3.63, 3.8) is 0 Å². The zero-order valence-electron chi connectivity index (χ0n) is 11.0. The second-order valence-electron chi connectivity index (χ2n) is 4.29. The number of nitrogens with two attached hydrogens (primary N) is 1. The molecule has 1 aromatic carbocycles. The molecule has 0 fully saturated rings. The Morgan fingerprint density at radius 3 is 2.53 bits per heavy atom. The van der Waals surface area contributed by atoms with Gasteiger partial charge in [-0.25, -0.2) is 8.42 Å². The standard InChI is InChI=1S/C12H19N3O3S/c1-3-9(8-13)12(16)14-10-5-4-6-11(7-10)15-19(2,17)18/h4-7,9,15H,3,8,13H2,1-2H3,(H,14,16). The number of rotatable bonds is 6. The van der Waals surface area contributed by atoms with Gasteiger partial charge in [-0.15, -0.1) is 0 Å². The summed E-state index contributed by atoms with van der Waals surface area (Å²) in [6, 6.07) is 6.51. The van der Waals surface area contributed by atoms with Gasteiger partial charge in [0, 0.05) is 12.2 Å². The summed E-state index contributed by atoms with van der Waals surface area (Å²) in [5, 5.41) is 2.72. The molecule has 1 atom stereocenters. The van der Waals surface area contributed by atoms with Crippen molar-refractivity contribution in [2.75, 3.05) is 22.8 Å². The molecule has 0 spiro atoms. The highest BCUT2D eigenvalue weighted by molar-refractivity contribution is 7.92. The zero-order valence-corrected chi connectivity index (χ0v) is 11.8. The number of anilines is 2. The fourth-order valence-electron chi connectivity index (χ4n) is 1.58. The molecule has 1 aromatic rings. The predicted molar refractivity (Wildman–Crippen MR) is 76.4 cm³/mol. The Balaban J connectivity index is 2.80. The maximum Gasteiger partial charge on any atom is 0.229 e. The molecule has 1 amide bonds. The minimum atomic E-state index is -3.33. The summed E-state index contributed by atoms with van der Waals surface area (Å²) in [5.41, 5.74) is 6.44. The molecule has 1 rings (SSSR count). The van der Waals surface area contributed by atoms with E-state index in [4.69, 9.17) is 5.73 Å². The van der Waals surface area contributed by atoms with Crippen molar-refractivity contribution in [2.45, 2.75) is 13.3 Å². The van der Waals surface area contributed by atoms with Gasteiger partial charge in [0.15, 0.2) is 0 Å². The van der Waals surface area contributed by atoms with Crippen molar-refractivity contribution in [1.82, 2.24) is 0 Å². The Labute approximate surface area is 113 Å². The summed E-state index contributed by atoms with van der Waals surface area (Å²) >= 11 is 0.